The van der Waals surface area contributed by atoms with E-state index in [9.17, 15) is 4.79 Å². The first kappa shape index (κ1) is 14.7. The van der Waals surface area contributed by atoms with Crippen LogP contribution in [0.3, 0.4) is 0 Å². The number of benzene rings is 1. The molecule has 0 aliphatic rings. The molecule has 0 saturated heterocycles. The van der Waals surface area contributed by atoms with Crippen molar-refractivity contribution >= 4 is 5.97 Å². The highest BCUT2D eigenvalue weighted by molar-refractivity contribution is 5.66. The molecule has 4 heteroatoms. The lowest BCUT2D eigenvalue weighted by molar-refractivity contribution is -0.137. The summed E-state index contributed by atoms with van der Waals surface area (Å²) in [6, 6.07) is 8.26. The monoisotopic (exact) mass is 251 g/mol. The Morgan fingerprint density at radius 2 is 2.11 bits per heavy atom. The van der Waals surface area contributed by atoms with E-state index in [4.69, 9.17) is 9.84 Å². The molecule has 0 spiro atoms. The molecule has 0 heterocycles. The maximum Gasteiger partial charge on any atom is 0.303 e. The minimum absolute atomic E-state index is 0.255. The minimum atomic E-state index is -0.720. The second-order valence-corrected chi connectivity index (χ2v) is 4.28. The Labute approximate surface area is 108 Å². The highest BCUT2D eigenvalue weighted by Gasteiger charge is 1.98. The molecule has 4 nitrogen and oxygen atoms in total. The Morgan fingerprint density at radius 3 is 2.83 bits per heavy atom. The van der Waals surface area contributed by atoms with E-state index in [1.54, 1.807) is 7.11 Å². The molecule has 0 saturated carbocycles. The fraction of sp³-hybridized carbons (Fsp3) is 0.500. The third-order valence-electron chi connectivity index (χ3n) is 2.63. The molecule has 0 unspecified atom stereocenters. The molecule has 2 N–H and O–H groups in total. The van der Waals surface area contributed by atoms with Gasteiger partial charge in [0.2, 0.25) is 0 Å². The van der Waals surface area contributed by atoms with Crippen molar-refractivity contribution in [2.75, 3.05) is 13.7 Å². The van der Waals surface area contributed by atoms with E-state index in [1.807, 2.05) is 12.1 Å². The topological polar surface area (TPSA) is 58.6 Å². The van der Waals surface area contributed by atoms with Gasteiger partial charge >= 0.3 is 5.97 Å². The zero-order valence-corrected chi connectivity index (χ0v) is 10.8. The largest absolute Gasteiger partial charge is 0.481 e. The summed E-state index contributed by atoms with van der Waals surface area (Å²) in [7, 11) is 1.69. The van der Waals surface area contributed by atoms with E-state index in [1.165, 1.54) is 11.1 Å². The summed E-state index contributed by atoms with van der Waals surface area (Å²) < 4.78 is 5.09. The van der Waals surface area contributed by atoms with Crippen LogP contribution in [0, 0.1) is 0 Å². The van der Waals surface area contributed by atoms with Gasteiger partial charge in [-0.15, -0.1) is 0 Å². The van der Waals surface area contributed by atoms with Gasteiger partial charge in [-0.1, -0.05) is 24.3 Å². The summed E-state index contributed by atoms with van der Waals surface area (Å²) in [5.41, 5.74) is 2.39. The number of rotatable bonds is 9. The molecule has 18 heavy (non-hydrogen) atoms. The summed E-state index contributed by atoms with van der Waals surface area (Å²) in [6.45, 7) is 2.29. The average Bonchev–Trinajstić information content (AvgIpc) is 2.34. The van der Waals surface area contributed by atoms with Crippen LogP contribution in [-0.4, -0.2) is 24.7 Å². The van der Waals surface area contributed by atoms with E-state index in [-0.39, 0.29) is 6.42 Å². The third-order valence-corrected chi connectivity index (χ3v) is 2.63. The molecule has 0 aliphatic heterocycles. The predicted molar refractivity (Wildman–Crippen MR) is 70.3 cm³/mol. The van der Waals surface area contributed by atoms with Crippen molar-refractivity contribution in [2.24, 2.45) is 0 Å². The number of hydrogen-bond acceptors (Lipinski definition) is 3. The molecule has 0 aromatic heterocycles. The Bertz CT molecular complexity index is 366. The van der Waals surface area contributed by atoms with Gasteiger partial charge < -0.3 is 15.2 Å². The van der Waals surface area contributed by atoms with Crippen molar-refractivity contribution in [2.45, 2.75) is 32.4 Å². The van der Waals surface area contributed by atoms with Gasteiger partial charge in [-0.25, -0.2) is 0 Å². The van der Waals surface area contributed by atoms with E-state index in [0.717, 1.165) is 25.9 Å². The number of methoxy groups -OCH3 is 1. The zero-order valence-electron chi connectivity index (χ0n) is 10.8. The summed E-state index contributed by atoms with van der Waals surface area (Å²) in [6.07, 6.45) is 1.88. The number of aliphatic carboxylic acids is 1. The van der Waals surface area contributed by atoms with Gasteiger partial charge in [-0.2, -0.15) is 0 Å². The molecule has 0 fully saturated rings. The van der Waals surface area contributed by atoms with Gasteiger partial charge in [0.15, 0.2) is 0 Å². The Morgan fingerprint density at radius 1 is 1.33 bits per heavy atom. The molecule has 0 bridgehead atoms. The third kappa shape index (κ3) is 6.37. The van der Waals surface area contributed by atoms with Gasteiger partial charge in [-0.05, 0) is 30.5 Å². The first-order chi connectivity index (χ1) is 8.72. The molecule has 1 aromatic carbocycles. The number of carboxylic acids is 1. The van der Waals surface area contributed by atoms with Gasteiger partial charge in [0.1, 0.15) is 0 Å². The molecule has 0 aliphatic carbocycles. The van der Waals surface area contributed by atoms with E-state index < -0.39 is 5.97 Å². The van der Waals surface area contributed by atoms with Crippen LogP contribution >= 0.6 is 0 Å². The van der Waals surface area contributed by atoms with Crippen LogP contribution in [0.1, 0.15) is 30.4 Å². The number of ether oxygens (including phenoxy) is 1. The number of carboxylic acid groups (broad SMARTS) is 1. The van der Waals surface area contributed by atoms with Crippen LogP contribution in [-0.2, 0) is 22.7 Å². The second kappa shape index (κ2) is 8.66. The standard InChI is InChI=1S/C14H21NO3/c1-18-11-13-6-4-5-12(9-13)10-15-8-3-2-7-14(16)17/h4-6,9,15H,2-3,7-8,10-11H2,1H3,(H,16,17). The Kier molecular flexibility index (Phi) is 7.06. The summed E-state index contributed by atoms with van der Waals surface area (Å²) in [5, 5.41) is 11.8. The van der Waals surface area contributed by atoms with Crippen molar-refractivity contribution in [3.05, 3.63) is 35.4 Å². The van der Waals surface area contributed by atoms with Gasteiger partial charge in [0.05, 0.1) is 6.61 Å². The SMILES string of the molecule is COCc1cccc(CNCCCCC(=O)O)c1. The average molecular weight is 251 g/mol. The lowest BCUT2D eigenvalue weighted by Gasteiger charge is -2.06. The van der Waals surface area contributed by atoms with Crippen LogP contribution in [0.25, 0.3) is 0 Å². The lowest BCUT2D eigenvalue weighted by atomic mass is 10.1. The Hall–Kier alpha value is -1.39. The van der Waals surface area contributed by atoms with Crippen molar-refractivity contribution < 1.29 is 14.6 Å². The fourth-order valence-corrected chi connectivity index (χ4v) is 1.76. The maximum absolute atomic E-state index is 10.3. The van der Waals surface area contributed by atoms with E-state index >= 15 is 0 Å². The molecular weight excluding hydrogens is 230 g/mol. The Balaban J connectivity index is 2.18. The number of carbonyl (C=O) groups is 1. The van der Waals surface area contributed by atoms with Crippen LogP contribution in [0.5, 0.6) is 0 Å². The minimum Gasteiger partial charge on any atom is -0.481 e. The van der Waals surface area contributed by atoms with Crippen LogP contribution in [0.4, 0.5) is 0 Å². The van der Waals surface area contributed by atoms with Gasteiger partial charge in [0, 0.05) is 20.1 Å². The maximum atomic E-state index is 10.3. The number of unbranched alkanes of at least 4 members (excludes halogenated alkanes) is 1. The molecule has 1 aromatic rings. The molecule has 0 radical (unpaired) electrons. The predicted octanol–water partition coefficient (Wildman–Crippen LogP) is 2.18. The van der Waals surface area contributed by atoms with Crippen LogP contribution < -0.4 is 5.32 Å². The zero-order chi connectivity index (χ0) is 13.2. The summed E-state index contributed by atoms with van der Waals surface area (Å²) >= 11 is 0. The lowest BCUT2D eigenvalue weighted by Crippen LogP contribution is -2.15. The molecule has 0 atom stereocenters. The van der Waals surface area contributed by atoms with Gasteiger partial charge in [0.25, 0.3) is 0 Å². The van der Waals surface area contributed by atoms with E-state index in [2.05, 4.69) is 17.4 Å². The molecule has 100 valence electrons. The fourth-order valence-electron chi connectivity index (χ4n) is 1.76. The number of nitrogens with one attached hydrogen (secondary N) is 1. The van der Waals surface area contributed by atoms with Crippen molar-refractivity contribution in [1.29, 1.82) is 0 Å². The second-order valence-electron chi connectivity index (χ2n) is 4.28. The molecular formula is C14H21NO3. The smallest absolute Gasteiger partial charge is 0.303 e. The summed E-state index contributed by atoms with van der Waals surface area (Å²) in [5.74, 6) is -0.720. The first-order valence-electron chi connectivity index (χ1n) is 6.21. The van der Waals surface area contributed by atoms with Gasteiger partial charge in [-0.3, -0.25) is 4.79 Å². The van der Waals surface area contributed by atoms with Crippen LogP contribution in [0.15, 0.2) is 24.3 Å². The highest BCUT2D eigenvalue weighted by Crippen LogP contribution is 2.06. The first-order valence-corrected chi connectivity index (χ1v) is 6.21. The van der Waals surface area contributed by atoms with Crippen LogP contribution in [0.2, 0.25) is 0 Å². The van der Waals surface area contributed by atoms with Crippen molar-refractivity contribution in [3.8, 4) is 0 Å². The normalized spacial score (nSPS) is 10.5. The van der Waals surface area contributed by atoms with Crippen molar-refractivity contribution in [3.63, 3.8) is 0 Å². The van der Waals surface area contributed by atoms with Crippen molar-refractivity contribution in [1.82, 2.24) is 5.32 Å². The number of hydrogen-bond donors (Lipinski definition) is 2. The van der Waals surface area contributed by atoms with E-state index in [0.29, 0.717) is 6.61 Å². The highest BCUT2D eigenvalue weighted by atomic mass is 16.5. The summed E-state index contributed by atoms with van der Waals surface area (Å²) in [4.78, 5) is 10.3. The molecule has 0 amide bonds. The molecule has 1 rings (SSSR count). The quantitative estimate of drug-likeness (QED) is 0.660.